The Morgan fingerprint density at radius 3 is 2.56 bits per heavy atom. The number of amides is 1. The number of hydrogen-bond acceptors (Lipinski definition) is 5. The topological polar surface area (TPSA) is 108 Å². The molecule has 2 heterocycles. The number of carbonyl (C=O) groups excluding carboxylic acids is 1. The molecule has 0 aromatic carbocycles. The van der Waals surface area contributed by atoms with Gasteiger partial charge in [0.1, 0.15) is 0 Å². The number of carbonyl (C=O) groups is 1. The molecular formula is C16H24N6O3. The molecule has 0 saturated carbocycles. The summed E-state index contributed by atoms with van der Waals surface area (Å²) in [5.41, 5.74) is 2.52. The maximum absolute atomic E-state index is 12.5. The lowest BCUT2D eigenvalue weighted by molar-refractivity contribution is -0.389. The van der Waals surface area contributed by atoms with E-state index in [4.69, 9.17) is 0 Å². The zero-order chi connectivity index (χ0) is 18.7. The van der Waals surface area contributed by atoms with E-state index in [1.54, 1.807) is 13.8 Å². The fourth-order valence-corrected chi connectivity index (χ4v) is 2.66. The van der Waals surface area contributed by atoms with Gasteiger partial charge in [0.15, 0.2) is 0 Å². The number of rotatable bonds is 7. The molecule has 2 aromatic heterocycles. The van der Waals surface area contributed by atoms with Gasteiger partial charge in [0.25, 0.3) is 0 Å². The van der Waals surface area contributed by atoms with Gasteiger partial charge in [0.05, 0.1) is 41.1 Å². The summed E-state index contributed by atoms with van der Waals surface area (Å²) in [4.78, 5) is 22.7. The fourth-order valence-electron chi connectivity index (χ4n) is 2.66. The number of nitro groups is 1. The van der Waals surface area contributed by atoms with Gasteiger partial charge in [-0.05, 0) is 32.6 Å². The predicted octanol–water partition coefficient (Wildman–Crippen LogP) is 2.14. The Balaban J connectivity index is 2.02. The van der Waals surface area contributed by atoms with Crippen LogP contribution in [0.2, 0.25) is 0 Å². The first-order chi connectivity index (χ1) is 11.7. The first kappa shape index (κ1) is 18.6. The Labute approximate surface area is 146 Å². The molecule has 25 heavy (non-hydrogen) atoms. The third-order valence-corrected chi connectivity index (χ3v) is 4.18. The SMILES string of the molecule is CCn1cc(C(C)NC(=O)C(C)Cn2nc([N+](=O)[O-])cc2C)c(C)n1. The third-order valence-electron chi connectivity index (χ3n) is 4.18. The summed E-state index contributed by atoms with van der Waals surface area (Å²) in [5, 5.41) is 22.1. The van der Waals surface area contributed by atoms with Crippen LogP contribution in [0, 0.1) is 29.9 Å². The van der Waals surface area contributed by atoms with Crippen LogP contribution in [0.3, 0.4) is 0 Å². The molecule has 1 amide bonds. The monoisotopic (exact) mass is 348 g/mol. The summed E-state index contributed by atoms with van der Waals surface area (Å²) in [6.45, 7) is 10.4. The summed E-state index contributed by atoms with van der Waals surface area (Å²) in [6.07, 6.45) is 1.94. The maximum atomic E-state index is 12.5. The number of nitrogens with zero attached hydrogens (tertiary/aromatic N) is 5. The average Bonchev–Trinajstić information content (AvgIpc) is 3.10. The van der Waals surface area contributed by atoms with E-state index in [2.05, 4.69) is 15.5 Å². The molecule has 1 N–H and O–H groups in total. The molecule has 0 radical (unpaired) electrons. The molecule has 0 aliphatic heterocycles. The van der Waals surface area contributed by atoms with Gasteiger partial charge >= 0.3 is 5.82 Å². The van der Waals surface area contributed by atoms with Gasteiger partial charge in [0, 0.05) is 18.3 Å². The van der Waals surface area contributed by atoms with Gasteiger partial charge in [0.2, 0.25) is 5.91 Å². The second-order valence-corrected chi connectivity index (χ2v) is 6.24. The summed E-state index contributed by atoms with van der Waals surface area (Å²) < 4.78 is 3.33. The minimum Gasteiger partial charge on any atom is -0.358 e. The van der Waals surface area contributed by atoms with Crippen molar-refractivity contribution in [2.75, 3.05) is 0 Å². The van der Waals surface area contributed by atoms with Gasteiger partial charge in [-0.1, -0.05) is 6.92 Å². The van der Waals surface area contributed by atoms with Crippen LogP contribution in [0.5, 0.6) is 0 Å². The van der Waals surface area contributed by atoms with Crippen molar-refractivity contribution in [2.45, 2.75) is 53.8 Å². The molecule has 2 rings (SSSR count). The largest absolute Gasteiger partial charge is 0.390 e. The lowest BCUT2D eigenvalue weighted by Gasteiger charge is -2.17. The summed E-state index contributed by atoms with van der Waals surface area (Å²) in [7, 11) is 0. The van der Waals surface area contributed by atoms with E-state index in [9.17, 15) is 14.9 Å². The smallest absolute Gasteiger partial charge is 0.358 e. The zero-order valence-electron chi connectivity index (χ0n) is 15.2. The number of nitrogens with one attached hydrogen (secondary N) is 1. The minimum absolute atomic E-state index is 0.131. The van der Waals surface area contributed by atoms with Gasteiger partial charge in [-0.3, -0.25) is 9.48 Å². The number of hydrogen-bond donors (Lipinski definition) is 1. The standard InChI is InChI=1S/C16H24N6O3/c1-6-20-9-14(13(5)18-20)12(4)17-16(23)10(2)8-21-11(3)7-15(19-21)22(24)25/h7,9-10,12H,6,8H2,1-5H3,(H,17,23). The highest BCUT2D eigenvalue weighted by atomic mass is 16.6. The maximum Gasteiger partial charge on any atom is 0.390 e. The van der Waals surface area contributed by atoms with Gasteiger partial charge in [-0.2, -0.15) is 9.78 Å². The molecule has 0 saturated heterocycles. The minimum atomic E-state index is -0.537. The number of aryl methyl sites for hydroxylation is 3. The predicted molar refractivity (Wildman–Crippen MR) is 92.0 cm³/mol. The fraction of sp³-hybridized carbons (Fsp3) is 0.562. The molecule has 2 atom stereocenters. The highest BCUT2D eigenvalue weighted by Gasteiger charge is 2.22. The van der Waals surface area contributed by atoms with Crippen molar-refractivity contribution >= 4 is 11.7 Å². The zero-order valence-corrected chi connectivity index (χ0v) is 15.2. The molecule has 0 aliphatic rings. The normalized spacial score (nSPS) is 13.5. The van der Waals surface area contributed by atoms with Crippen LogP contribution in [-0.2, 0) is 17.9 Å². The van der Waals surface area contributed by atoms with Crippen LogP contribution in [-0.4, -0.2) is 30.4 Å². The molecule has 0 bridgehead atoms. The van der Waals surface area contributed by atoms with Gasteiger partial charge in [-0.15, -0.1) is 0 Å². The molecular weight excluding hydrogens is 324 g/mol. The van der Waals surface area contributed by atoms with Crippen molar-refractivity contribution in [2.24, 2.45) is 5.92 Å². The summed E-state index contributed by atoms with van der Waals surface area (Å²) >= 11 is 0. The van der Waals surface area contributed by atoms with Crippen LogP contribution < -0.4 is 5.32 Å². The molecule has 0 spiro atoms. The van der Waals surface area contributed by atoms with Crippen LogP contribution in [0.4, 0.5) is 5.82 Å². The lowest BCUT2D eigenvalue weighted by atomic mass is 10.1. The molecule has 2 unspecified atom stereocenters. The van der Waals surface area contributed by atoms with E-state index >= 15 is 0 Å². The van der Waals surface area contributed by atoms with Crippen LogP contribution >= 0.6 is 0 Å². The highest BCUT2D eigenvalue weighted by Crippen LogP contribution is 2.18. The van der Waals surface area contributed by atoms with Crippen molar-refractivity contribution in [1.29, 1.82) is 0 Å². The van der Waals surface area contributed by atoms with E-state index in [1.165, 1.54) is 10.7 Å². The Morgan fingerprint density at radius 1 is 1.36 bits per heavy atom. The first-order valence-electron chi connectivity index (χ1n) is 8.26. The van der Waals surface area contributed by atoms with Crippen LogP contribution in [0.1, 0.15) is 43.8 Å². The summed E-state index contributed by atoms with van der Waals surface area (Å²) in [6, 6.07) is 1.23. The van der Waals surface area contributed by atoms with Crippen molar-refractivity contribution in [3.63, 3.8) is 0 Å². The third kappa shape index (κ3) is 4.23. The van der Waals surface area contributed by atoms with E-state index in [1.807, 2.05) is 31.6 Å². The number of aromatic nitrogens is 4. The van der Waals surface area contributed by atoms with E-state index < -0.39 is 4.92 Å². The molecule has 0 aliphatic carbocycles. The van der Waals surface area contributed by atoms with Gasteiger partial charge < -0.3 is 15.4 Å². The van der Waals surface area contributed by atoms with Crippen molar-refractivity contribution in [3.8, 4) is 0 Å². The second-order valence-electron chi connectivity index (χ2n) is 6.24. The molecule has 9 nitrogen and oxygen atoms in total. The van der Waals surface area contributed by atoms with Crippen molar-refractivity contribution in [1.82, 2.24) is 24.9 Å². The molecule has 136 valence electrons. The molecule has 2 aromatic rings. The van der Waals surface area contributed by atoms with Crippen LogP contribution in [0.25, 0.3) is 0 Å². The van der Waals surface area contributed by atoms with E-state index in [0.717, 1.165) is 17.8 Å². The Bertz CT molecular complexity index is 779. The van der Waals surface area contributed by atoms with Gasteiger partial charge in [-0.25, -0.2) is 0 Å². The second kappa shape index (κ2) is 7.45. The van der Waals surface area contributed by atoms with E-state index in [-0.39, 0.29) is 30.2 Å². The Morgan fingerprint density at radius 2 is 2.04 bits per heavy atom. The summed E-state index contributed by atoms with van der Waals surface area (Å²) in [5.74, 6) is -0.711. The highest BCUT2D eigenvalue weighted by molar-refractivity contribution is 5.78. The average molecular weight is 348 g/mol. The Kier molecular flexibility index (Phi) is 5.55. The van der Waals surface area contributed by atoms with E-state index in [0.29, 0.717) is 5.69 Å². The first-order valence-corrected chi connectivity index (χ1v) is 8.26. The van der Waals surface area contributed by atoms with Crippen molar-refractivity contribution in [3.05, 3.63) is 39.3 Å². The quantitative estimate of drug-likeness (QED) is 0.609. The lowest BCUT2D eigenvalue weighted by Crippen LogP contribution is -2.34. The molecule has 0 fully saturated rings. The Hall–Kier alpha value is -2.71. The van der Waals surface area contributed by atoms with Crippen molar-refractivity contribution < 1.29 is 9.72 Å². The molecule has 9 heteroatoms. The van der Waals surface area contributed by atoms with Crippen LogP contribution in [0.15, 0.2) is 12.3 Å².